The van der Waals surface area contributed by atoms with Crippen LogP contribution in [0.2, 0.25) is 0 Å². The van der Waals surface area contributed by atoms with Crippen LogP contribution in [0.25, 0.3) is 0 Å². The molecule has 1 aromatic heterocycles. The molecular weight excluding hydrogens is 321 g/mol. The Labute approximate surface area is 134 Å². The van der Waals surface area contributed by atoms with Crippen LogP contribution in [0, 0.1) is 5.82 Å². The van der Waals surface area contributed by atoms with E-state index in [0.717, 1.165) is 0 Å². The van der Waals surface area contributed by atoms with Gasteiger partial charge in [-0.15, -0.1) is 5.10 Å². The Morgan fingerprint density at radius 1 is 1.30 bits per heavy atom. The van der Waals surface area contributed by atoms with Gasteiger partial charge in [0, 0.05) is 18.8 Å². The summed E-state index contributed by atoms with van der Waals surface area (Å²) in [6.45, 7) is 0.636. The van der Waals surface area contributed by atoms with Crippen molar-refractivity contribution in [3.8, 4) is 5.88 Å². The summed E-state index contributed by atoms with van der Waals surface area (Å²) in [5.41, 5.74) is 0.434. The van der Waals surface area contributed by atoms with Crippen molar-refractivity contribution in [1.82, 2.24) is 14.5 Å². The van der Waals surface area contributed by atoms with Crippen molar-refractivity contribution in [2.75, 3.05) is 13.1 Å². The van der Waals surface area contributed by atoms with Crippen molar-refractivity contribution >= 4 is 10.0 Å². The molecule has 2 heterocycles. The van der Waals surface area contributed by atoms with Gasteiger partial charge in [0.05, 0.1) is 12.3 Å². The third-order valence-electron chi connectivity index (χ3n) is 3.57. The Balaban J connectivity index is 1.63. The van der Waals surface area contributed by atoms with Crippen LogP contribution in [0.1, 0.15) is 12.0 Å². The molecule has 8 heteroatoms. The number of nitrogens with zero attached hydrogens (tertiary/aromatic N) is 3. The molecule has 1 aromatic carbocycles. The first-order chi connectivity index (χ1) is 11.0. The molecule has 122 valence electrons. The lowest BCUT2D eigenvalue weighted by molar-refractivity contribution is 0.204. The number of benzene rings is 1. The largest absolute Gasteiger partial charge is 0.472 e. The summed E-state index contributed by atoms with van der Waals surface area (Å²) in [6.07, 6.45) is 1.87. The van der Waals surface area contributed by atoms with E-state index in [2.05, 4.69) is 10.2 Å². The number of sulfonamides is 1. The number of halogens is 1. The highest BCUT2D eigenvalue weighted by Crippen LogP contribution is 2.21. The summed E-state index contributed by atoms with van der Waals surface area (Å²) in [7, 11) is -3.50. The Kier molecular flexibility index (Phi) is 4.53. The number of hydrogen-bond acceptors (Lipinski definition) is 5. The van der Waals surface area contributed by atoms with E-state index < -0.39 is 15.8 Å². The third-order valence-corrected chi connectivity index (χ3v) is 5.39. The minimum absolute atomic E-state index is 0.220. The minimum atomic E-state index is -3.50. The predicted octanol–water partition coefficient (Wildman–Crippen LogP) is 1.60. The molecule has 0 N–H and O–H groups in total. The van der Waals surface area contributed by atoms with Gasteiger partial charge in [0.25, 0.3) is 0 Å². The molecule has 0 aliphatic carbocycles. The van der Waals surface area contributed by atoms with E-state index in [1.165, 1.54) is 28.7 Å². The van der Waals surface area contributed by atoms with Crippen LogP contribution in [0.4, 0.5) is 4.39 Å². The highest BCUT2D eigenvalue weighted by Gasteiger charge is 2.32. The molecule has 1 aliphatic heterocycles. The topological polar surface area (TPSA) is 72.4 Å². The lowest BCUT2D eigenvalue weighted by atomic mass is 10.2. The van der Waals surface area contributed by atoms with Gasteiger partial charge < -0.3 is 4.74 Å². The fourth-order valence-electron chi connectivity index (χ4n) is 2.50. The van der Waals surface area contributed by atoms with Crippen LogP contribution in [0.5, 0.6) is 5.88 Å². The Hall–Kier alpha value is -2.06. The zero-order valence-electron chi connectivity index (χ0n) is 12.3. The molecule has 1 unspecified atom stereocenters. The smallest absolute Gasteiger partial charge is 0.233 e. The molecule has 1 fully saturated rings. The molecule has 1 saturated heterocycles. The molecule has 0 saturated carbocycles. The second-order valence-corrected chi connectivity index (χ2v) is 7.30. The predicted molar refractivity (Wildman–Crippen MR) is 81.7 cm³/mol. The van der Waals surface area contributed by atoms with Crippen LogP contribution in [0.15, 0.2) is 42.6 Å². The van der Waals surface area contributed by atoms with E-state index in [4.69, 9.17) is 4.74 Å². The lowest BCUT2D eigenvalue weighted by Gasteiger charge is -2.17. The van der Waals surface area contributed by atoms with Crippen LogP contribution >= 0.6 is 0 Å². The van der Waals surface area contributed by atoms with E-state index in [-0.39, 0.29) is 18.4 Å². The van der Waals surface area contributed by atoms with E-state index in [1.807, 2.05) is 0 Å². The van der Waals surface area contributed by atoms with Crippen molar-refractivity contribution in [3.05, 3.63) is 54.0 Å². The van der Waals surface area contributed by atoms with Gasteiger partial charge in [-0.05, 0) is 30.2 Å². The van der Waals surface area contributed by atoms with Crippen LogP contribution in [-0.2, 0) is 15.8 Å². The summed E-state index contributed by atoms with van der Waals surface area (Å²) in [4.78, 5) is 0. The summed E-state index contributed by atoms with van der Waals surface area (Å²) < 4.78 is 45.0. The Morgan fingerprint density at radius 3 is 2.91 bits per heavy atom. The van der Waals surface area contributed by atoms with Gasteiger partial charge in [0.15, 0.2) is 0 Å². The molecule has 23 heavy (non-hydrogen) atoms. The van der Waals surface area contributed by atoms with Gasteiger partial charge in [0.2, 0.25) is 15.9 Å². The van der Waals surface area contributed by atoms with E-state index in [1.54, 1.807) is 18.2 Å². The number of rotatable bonds is 5. The van der Waals surface area contributed by atoms with Crippen molar-refractivity contribution in [2.24, 2.45) is 0 Å². The van der Waals surface area contributed by atoms with Crippen molar-refractivity contribution in [2.45, 2.75) is 18.3 Å². The van der Waals surface area contributed by atoms with E-state index in [9.17, 15) is 12.8 Å². The minimum Gasteiger partial charge on any atom is -0.472 e. The average Bonchev–Trinajstić information content (AvgIpc) is 2.97. The first-order valence-corrected chi connectivity index (χ1v) is 8.80. The van der Waals surface area contributed by atoms with Crippen LogP contribution in [0.3, 0.4) is 0 Å². The maximum atomic E-state index is 13.2. The zero-order valence-corrected chi connectivity index (χ0v) is 13.1. The van der Waals surface area contributed by atoms with Crippen molar-refractivity contribution in [1.29, 1.82) is 0 Å². The molecule has 0 bridgehead atoms. The maximum Gasteiger partial charge on any atom is 0.233 e. The molecule has 0 spiro atoms. The lowest BCUT2D eigenvalue weighted by Crippen LogP contribution is -2.32. The Bertz CT molecular complexity index is 771. The Morgan fingerprint density at radius 2 is 2.17 bits per heavy atom. The fraction of sp³-hybridized carbons (Fsp3) is 0.333. The first-order valence-electron chi connectivity index (χ1n) is 7.19. The van der Waals surface area contributed by atoms with Crippen LogP contribution in [-0.4, -0.2) is 42.1 Å². The van der Waals surface area contributed by atoms with Gasteiger partial charge in [-0.3, -0.25) is 0 Å². The second kappa shape index (κ2) is 6.59. The van der Waals surface area contributed by atoms with Crippen molar-refractivity contribution in [3.63, 3.8) is 0 Å². The molecule has 6 nitrogen and oxygen atoms in total. The number of aromatic nitrogens is 2. The summed E-state index contributed by atoms with van der Waals surface area (Å²) in [5.74, 6) is -0.285. The molecule has 1 atom stereocenters. The summed E-state index contributed by atoms with van der Waals surface area (Å²) >= 11 is 0. The molecule has 0 amide bonds. The standard InChI is InChI=1S/C15H16FN3O3S/c16-13-4-1-3-12(9-13)11-23(20,21)19-8-6-14(10-19)22-15-5-2-7-17-18-15/h1-5,7,9,14H,6,8,10-11H2. The maximum absolute atomic E-state index is 13.2. The van der Waals surface area contributed by atoms with Gasteiger partial charge in [-0.2, -0.15) is 9.40 Å². The number of ether oxygens (including phenoxy) is 1. The summed E-state index contributed by atoms with van der Waals surface area (Å²) in [5, 5.41) is 7.54. The molecular formula is C15H16FN3O3S. The van der Waals surface area contributed by atoms with Crippen LogP contribution < -0.4 is 4.74 Å². The van der Waals surface area contributed by atoms with E-state index in [0.29, 0.717) is 24.4 Å². The molecule has 0 radical (unpaired) electrons. The molecule has 2 aromatic rings. The average molecular weight is 337 g/mol. The van der Waals surface area contributed by atoms with E-state index >= 15 is 0 Å². The van der Waals surface area contributed by atoms with Crippen molar-refractivity contribution < 1.29 is 17.5 Å². The highest BCUT2D eigenvalue weighted by atomic mass is 32.2. The molecule has 1 aliphatic rings. The highest BCUT2D eigenvalue weighted by molar-refractivity contribution is 7.88. The van der Waals surface area contributed by atoms with Gasteiger partial charge in [0.1, 0.15) is 11.9 Å². The zero-order chi connectivity index (χ0) is 16.3. The fourth-order valence-corrected chi connectivity index (χ4v) is 4.06. The summed E-state index contributed by atoms with van der Waals surface area (Å²) in [6, 6.07) is 9.01. The first kappa shape index (κ1) is 15.8. The molecule has 3 rings (SSSR count). The van der Waals surface area contributed by atoms with Gasteiger partial charge in [-0.25, -0.2) is 12.8 Å². The number of hydrogen-bond donors (Lipinski definition) is 0. The third kappa shape index (κ3) is 4.02. The van der Waals surface area contributed by atoms with Gasteiger partial charge in [-0.1, -0.05) is 12.1 Å². The monoisotopic (exact) mass is 337 g/mol. The normalized spacial score (nSPS) is 18.9. The quantitative estimate of drug-likeness (QED) is 0.829. The second-order valence-electron chi connectivity index (χ2n) is 5.33. The van der Waals surface area contributed by atoms with Gasteiger partial charge >= 0.3 is 0 Å². The SMILES string of the molecule is O=S(=O)(Cc1cccc(F)c1)N1CCC(Oc2cccnn2)C1.